The first-order valence-electron chi connectivity index (χ1n) is 11.4. The lowest BCUT2D eigenvalue weighted by atomic mass is 10.2. The third-order valence-corrected chi connectivity index (χ3v) is 6.07. The van der Waals surface area contributed by atoms with Crippen molar-refractivity contribution in [2.75, 3.05) is 25.8 Å². The van der Waals surface area contributed by atoms with Gasteiger partial charge in [-0.3, -0.25) is 14.4 Å². The van der Waals surface area contributed by atoms with Gasteiger partial charge in [0.15, 0.2) is 29.6 Å². The highest BCUT2D eigenvalue weighted by Crippen LogP contribution is 2.32. The molecule has 0 saturated carbocycles. The van der Waals surface area contributed by atoms with Crippen molar-refractivity contribution in [1.82, 2.24) is 10.7 Å². The Hall–Kier alpha value is -4.48. The molecule has 39 heavy (non-hydrogen) atoms. The molecule has 0 atom stereocenters. The van der Waals surface area contributed by atoms with Gasteiger partial charge in [0, 0.05) is 6.54 Å². The first kappa shape index (κ1) is 27.6. The molecule has 0 unspecified atom stereocenters. The number of carbonyl (C=O) groups is 3. The van der Waals surface area contributed by atoms with Gasteiger partial charge >= 0.3 is 11.8 Å². The Kier molecular flexibility index (Phi) is 9.08. The average molecular weight is 573 g/mol. The lowest BCUT2D eigenvalue weighted by Crippen LogP contribution is -2.37. The van der Waals surface area contributed by atoms with Crippen molar-refractivity contribution < 1.29 is 33.3 Å². The smallest absolute Gasteiger partial charge is 0.329 e. The Bertz CT molecular complexity index is 1430. The molecule has 0 aromatic heterocycles. The summed E-state index contributed by atoms with van der Waals surface area (Å²) in [5.41, 5.74) is 3.80. The standard InChI is InChI=1S/C26H22Cl2N4O7/c1-36-21-9-16(6-7-19(21)37-13-23(33)31-18-4-2-3-17(27)24(18)28)12-30-32-26(35)25(34)29-11-15-5-8-20-22(10-15)39-14-38-20/h2-10,12H,11,13-14H2,1H3,(H,29,34)(H,31,33)(H,32,35)/b30-12-. The van der Waals surface area contributed by atoms with E-state index in [4.69, 9.17) is 42.1 Å². The maximum atomic E-state index is 12.3. The molecule has 4 rings (SSSR count). The van der Waals surface area contributed by atoms with Crippen LogP contribution >= 0.6 is 23.2 Å². The molecule has 0 fully saturated rings. The van der Waals surface area contributed by atoms with Crippen molar-refractivity contribution in [3.8, 4) is 23.0 Å². The summed E-state index contributed by atoms with van der Waals surface area (Å²) in [6.07, 6.45) is 1.32. The highest BCUT2D eigenvalue weighted by atomic mass is 35.5. The van der Waals surface area contributed by atoms with Crippen LogP contribution in [0.4, 0.5) is 5.69 Å². The fourth-order valence-electron chi connectivity index (χ4n) is 3.34. The van der Waals surface area contributed by atoms with E-state index < -0.39 is 17.7 Å². The number of halogens is 2. The fraction of sp³-hybridized carbons (Fsp3) is 0.154. The number of rotatable bonds is 9. The lowest BCUT2D eigenvalue weighted by molar-refractivity contribution is -0.139. The Labute approximate surface area is 233 Å². The molecule has 1 aliphatic rings. The lowest BCUT2D eigenvalue weighted by Gasteiger charge is -2.12. The van der Waals surface area contributed by atoms with E-state index in [0.717, 1.165) is 5.56 Å². The molecule has 3 amide bonds. The predicted molar refractivity (Wildman–Crippen MR) is 144 cm³/mol. The van der Waals surface area contributed by atoms with E-state index in [1.807, 2.05) is 0 Å². The van der Waals surface area contributed by atoms with E-state index in [9.17, 15) is 14.4 Å². The van der Waals surface area contributed by atoms with Gasteiger partial charge in [-0.25, -0.2) is 5.43 Å². The Morgan fingerprint density at radius 3 is 2.64 bits per heavy atom. The average Bonchev–Trinajstić information content (AvgIpc) is 3.41. The first-order valence-corrected chi connectivity index (χ1v) is 12.1. The third kappa shape index (κ3) is 7.30. The number of hydrogen-bond acceptors (Lipinski definition) is 8. The molecule has 0 bridgehead atoms. The van der Waals surface area contributed by atoms with Gasteiger partial charge in [0.2, 0.25) is 6.79 Å². The summed E-state index contributed by atoms with van der Waals surface area (Å²) in [4.78, 5) is 36.4. The molecule has 202 valence electrons. The number of amides is 3. The van der Waals surface area contributed by atoms with Crippen LogP contribution in [0, 0.1) is 0 Å². The summed E-state index contributed by atoms with van der Waals surface area (Å²) in [6, 6.07) is 14.9. The molecule has 0 saturated heterocycles. The van der Waals surface area contributed by atoms with E-state index in [1.54, 1.807) is 54.6 Å². The number of ether oxygens (including phenoxy) is 4. The molecule has 3 N–H and O–H groups in total. The molecule has 3 aromatic rings. The van der Waals surface area contributed by atoms with Gasteiger partial charge in [-0.2, -0.15) is 5.10 Å². The highest BCUT2D eigenvalue weighted by molar-refractivity contribution is 6.44. The second-order valence-corrected chi connectivity index (χ2v) is 8.70. The predicted octanol–water partition coefficient (Wildman–Crippen LogP) is 3.51. The highest BCUT2D eigenvalue weighted by Gasteiger charge is 2.16. The van der Waals surface area contributed by atoms with Crippen molar-refractivity contribution in [3.05, 3.63) is 75.8 Å². The Morgan fingerprint density at radius 2 is 1.82 bits per heavy atom. The summed E-state index contributed by atoms with van der Waals surface area (Å²) >= 11 is 12.0. The molecular weight excluding hydrogens is 551 g/mol. The minimum absolute atomic E-state index is 0.120. The maximum absolute atomic E-state index is 12.3. The Morgan fingerprint density at radius 1 is 1.00 bits per heavy atom. The van der Waals surface area contributed by atoms with Crippen LogP contribution in [0.1, 0.15) is 11.1 Å². The molecule has 1 aliphatic heterocycles. The van der Waals surface area contributed by atoms with Crippen LogP contribution < -0.4 is 35.0 Å². The van der Waals surface area contributed by atoms with Gasteiger partial charge in [0.1, 0.15) is 0 Å². The minimum Gasteiger partial charge on any atom is -0.493 e. The number of anilines is 1. The number of fused-ring (bicyclic) bond motifs is 1. The zero-order valence-corrected chi connectivity index (χ0v) is 22.0. The van der Waals surface area contributed by atoms with Crippen molar-refractivity contribution in [3.63, 3.8) is 0 Å². The van der Waals surface area contributed by atoms with Crippen molar-refractivity contribution in [2.45, 2.75) is 6.54 Å². The quantitative estimate of drug-likeness (QED) is 0.203. The van der Waals surface area contributed by atoms with Gasteiger partial charge in [-0.15, -0.1) is 0 Å². The number of hydrazone groups is 1. The normalized spacial score (nSPS) is 11.7. The van der Waals surface area contributed by atoms with Crippen LogP contribution in [-0.4, -0.2) is 44.4 Å². The van der Waals surface area contributed by atoms with E-state index in [0.29, 0.717) is 39.3 Å². The van der Waals surface area contributed by atoms with Crippen molar-refractivity contribution in [2.24, 2.45) is 5.10 Å². The summed E-state index contributed by atoms with van der Waals surface area (Å²) in [6.45, 7) is -0.0512. The van der Waals surface area contributed by atoms with Crippen LogP contribution in [0.3, 0.4) is 0 Å². The largest absolute Gasteiger partial charge is 0.493 e. The maximum Gasteiger partial charge on any atom is 0.329 e. The second kappa shape index (κ2) is 12.9. The zero-order valence-electron chi connectivity index (χ0n) is 20.5. The van der Waals surface area contributed by atoms with Crippen LogP contribution in [0.2, 0.25) is 10.0 Å². The van der Waals surface area contributed by atoms with E-state index >= 15 is 0 Å². The molecule has 3 aromatic carbocycles. The molecule has 0 spiro atoms. The monoisotopic (exact) mass is 572 g/mol. The van der Waals surface area contributed by atoms with Gasteiger partial charge in [0.05, 0.1) is 29.1 Å². The fourth-order valence-corrected chi connectivity index (χ4v) is 3.69. The number of nitrogens with zero attached hydrogens (tertiary/aromatic N) is 1. The van der Waals surface area contributed by atoms with Crippen LogP contribution in [0.25, 0.3) is 0 Å². The number of nitrogens with one attached hydrogen (secondary N) is 3. The van der Waals surface area contributed by atoms with Crippen molar-refractivity contribution in [1.29, 1.82) is 0 Å². The summed E-state index contributed by atoms with van der Waals surface area (Å²) in [5, 5.41) is 9.46. The number of benzene rings is 3. The topological polar surface area (TPSA) is 137 Å². The van der Waals surface area contributed by atoms with Gasteiger partial charge in [0.25, 0.3) is 5.91 Å². The first-order chi connectivity index (χ1) is 18.8. The number of methoxy groups -OCH3 is 1. The van der Waals surface area contributed by atoms with Crippen LogP contribution in [-0.2, 0) is 20.9 Å². The molecule has 0 radical (unpaired) electrons. The zero-order chi connectivity index (χ0) is 27.8. The van der Waals surface area contributed by atoms with Gasteiger partial charge in [-0.05, 0) is 53.6 Å². The second-order valence-electron chi connectivity index (χ2n) is 7.92. The van der Waals surface area contributed by atoms with E-state index in [2.05, 4.69) is 21.2 Å². The summed E-state index contributed by atoms with van der Waals surface area (Å²) < 4.78 is 21.4. The molecular formula is C26H22Cl2N4O7. The van der Waals surface area contributed by atoms with Crippen LogP contribution in [0.15, 0.2) is 59.7 Å². The van der Waals surface area contributed by atoms with Crippen LogP contribution in [0.5, 0.6) is 23.0 Å². The molecule has 13 heteroatoms. The molecule has 11 nitrogen and oxygen atoms in total. The minimum atomic E-state index is -0.940. The third-order valence-electron chi connectivity index (χ3n) is 5.25. The van der Waals surface area contributed by atoms with Gasteiger partial charge in [-0.1, -0.05) is 35.3 Å². The number of hydrogen-bond donors (Lipinski definition) is 3. The Balaban J connectivity index is 1.25. The SMILES string of the molecule is COc1cc(/C=N\NC(=O)C(=O)NCc2ccc3c(c2)OCO3)ccc1OCC(=O)Nc1cccc(Cl)c1Cl. The molecule has 0 aliphatic carbocycles. The van der Waals surface area contributed by atoms with E-state index in [-0.39, 0.29) is 25.0 Å². The number of carbonyl (C=O) groups excluding carboxylic acids is 3. The van der Waals surface area contributed by atoms with Crippen molar-refractivity contribution >= 4 is 52.8 Å². The summed E-state index contributed by atoms with van der Waals surface area (Å²) in [7, 11) is 1.43. The van der Waals surface area contributed by atoms with Gasteiger partial charge < -0.3 is 29.6 Å². The van der Waals surface area contributed by atoms with E-state index in [1.165, 1.54) is 13.3 Å². The summed E-state index contributed by atoms with van der Waals surface area (Å²) in [5.74, 6) is -0.430. The molecule has 1 heterocycles.